The van der Waals surface area contributed by atoms with Crippen molar-refractivity contribution in [3.8, 4) is 11.3 Å². The Labute approximate surface area is 198 Å². The summed E-state index contributed by atoms with van der Waals surface area (Å²) in [7, 11) is -2.11. The number of hydrogen-bond donors (Lipinski definition) is 1. The molecule has 4 aromatic rings. The van der Waals surface area contributed by atoms with Crippen LogP contribution in [0, 0.1) is 0 Å². The minimum absolute atomic E-state index is 0.126. The summed E-state index contributed by atoms with van der Waals surface area (Å²) in [6.07, 6.45) is -0.122. The number of rotatable bonds is 5. The molecule has 2 heterocycles. The topological polar surface area (TPSA) is 76.9 Å². The van der Waals surface area contributed by atoms with Crippen LogP contribution in [-0.4, -0.2) is 23.2 Å². The van der Waals surface area contributed by atoms with Gasteiger partial charge in [0.2, 0.25) is 0 Å². The van der Waals surface area contributed by atoms with E-state index in [0.29, 0.717) is 24.1 Å². The summed E-state index contributed by atoms with van der Waals surface area (Å²) in [6.45, 7) is 0. The van der Waals surface area contributed by atoms with E-state index in [1.807, 2.05) is 0 Å². The van der Waals surface area contributed by atoms with E-state index in [1.165, 1.54) is 35.7 Å². The van der Waals surface area contributed by atoms with Gasteiger partial charge in [-0.1, -0.05) is 12.1 Å². The lowest BCUT2D eigenvalue weighted by Crippen LogP contribution is -2.13. The van der Waals surface area contributed by atoms with Gasteiger partial charge >= 0.3 is 6.18 Å². The molecule has 0 saturated carbocycles. The molecule has 0 amide bonds. The number of sulfonamides is 1. The second-order valence-electron chi connectivity index (χ2n) is 8.03. The van der Waals surface area contributed by atoms with Crippen LogP contribution in [0.1, 0.15) is 34.6 Å². The van der Waals surface area contributed by atoms with Gasteiger partial charge in [-0.3, -0.25) is 9.40 Å². The zero-order valence-electron chi connectivity index (χ0n) is 17.9. The van der Waals surface area contributed by atoms with Crippen molar-refractivity contribution < 1.29 is 21.6 Å². The second-order valence-corrected chi connectivity index (χ2v) is 10.6. The van der Waals surface area contributed by atoms with Crippen LogP contribution in [0.15, 0.2) is 65.1 Å². The maximum absolute atomic E-state index is 13.5. The van der Waals surface area contributed by atoms with E-state index in [9.17, 15) is 21.6 Å². The predicted octanol–water partition coefficient (Wildman–Crippen LogP) is 5.44. The van der Waals surface area contributed by atoms with Crippen molar-refractivity contribution in [1.29, 1.82) is 0 Å². The molecule has 0 fully saturated rings. The maximum atomic E-state index is 13.5. The molecule has 5 rings (SSSR count). The minimum Gasteiger partial charge on any atom is -0.268 e. The molecule has 1 aliphatic carbocycles. The number of aromatic nitrogens is 3. The molecule has 0 spiro atoms. The van der Waals surface area contributed by atoms with Gasteiger partial charge in [0.05, 0.1) is 16.2 Å². The molecule has 0 aliphatic heterocycles. The van der Waals surface area contributed by atoms with Crippen molar-refractivity contribution in [1.82, 2.24) is 14.8 Å². The smallest absolute Gasteiger partial charge is 0.268 e. The van der Waals surface area contributed by atoms with E-state index in [2.05, 4.69) is 14.8 Å². The summed E-state index contributed by atoms with van der Waals surface area (Å²) >= 11 is 1.18. The lowest BCUT2D eigenvalue weighted by Gasteiger charge is -2.19. The number of hydrogen-bond acceptors (Lipinski definition) is 5. The highest BCUT2D eigenvalue weighted by Gasteiger charge is 2.34. The highest BCUT2D eigenvalue weighted by atomic mass is 32.2. The average molecular weight is 505 g/mol. The molecule has 0 unspecified atom stereocenters. The van der Waals surface area contributed by atoms with E-state index in [4.69, 9.17) is 0 Å². The first-order chi connectivity index (χ1) is 16.1. The van der Waals surface area contributed by atoms with E-state index < -0.39 is 21.8 Å². The summed E-state index contributed by atoms with van der Waals surface area (Å²) in [4.78, 5) is 4.08. The van der Waals surface area contributed by atoms with Gasteiger partial charge < -0.3 is 0 Å². The van der Waals surface area contributed by atoms with Gasteiger partial charge in [-0.15, -0.1) is 11.3 Å². The Kier molecular flexibility index (Phi) is 5.48. The Morgan fingerprint density at radius 3 is 2.56 bits per heavy atom. The standard InChI is InChI=1S/C23H19F3N4O2S2/c1-30-21(8-9-28-30)20-13-15(23(24,25)26)3-6-19(20)18-5-2-14-12-16(4-7-17(14)18)34(31,32)29-22-27-10-11-33-22/h3-4,6-13,18H,2,5H2,1H3,(H,27,29)/t18-/m0/s1. The van der Waals surface area contributed by atoms with Crippen molar-refractivity contribution >= 4 is 26.5 Å². The Bertz CT molecular complexity index is 1460. The van der Waals surface area contributed by atoms with E-state index in [-0.39, 0.29) is 15.9 Å². The van der Waals surface area contributed by atoms with Gasteiger partial charge in [0, 0.05) is 36.3 Å². The zero-order valence-corrected chi connectivity index (χ0v) is 19.5. The number of anilines is 1. The molecular weight excluding hydrogens is 485 g/mol. The Balaban J connectivity index is 1.55. The first-order valence-corrected chi connectivity index (χ1v) is 12.7. The van der Waals surface area contributed by atoms with Gasteiger partial charge in [-0.05, 0) is 59.9 Å². The summed E-state index contributed by atoms with van der Waals surface area (Å²) in [5.74, 6) is -0.161. The summed E-state index contributed by atoms with van der Waals surface area (Å²) in [5, 5.41) is 6.08. The fourth-order valence-corrected chi connectivity index (χ4v) is 6.27. The number of nitrogens with one attached hydrogen (secondary N) is 1. The van der Waals surface area contributed by atoms with E-state index >= 15 is 0 Å². The molecule has 1 aliphatic rings. The number of benzene rings is 2. The fraction of sp³-hybridized carbons (Fsp3) is 0.217. The second kappa shape index (κ2) is 8.24. The Morgan fingerprint density at radius 1 is 1.09 bits per heavy atom. The van der Waals surface area contributed by atoms with Crippen LogP contribution in [0.3, 0.4) is 0 Å². The van der Waals surface area contributed by atoms with Crippen LogP contribution in [0.2, 0.25) is 0 Å². The molecule has 2 aromatic carbocycles. The number of aryl methyl sites for hydroxylation is 2. The quantitative estimate of drug-likeness (QED) is 0.393. The van der Waals surface area contributed by atoms with Crippen molar-refractivity contribution in [2.24, 2.45) is 7.05 Å². The van der Waals surface area contributed by atoms with Gasteiger partial charge in [0.25, 0.3) is 10.0 Å². The number of alkyl halides is 3. The Morgan fingerprint density at radius 2 is 1.88 bits per heavy atom. The summed E-state index contributed by atoms with van der Waals surface area (Å²) < 4.78 is 69.9. The molecule has 0 saturated heterocycles. The molecule has 1 N–H and O–H groups in total. The van der Waals surface area contributed by atoms with Gasteiger partial charge in [0.1, 0.15) is 0 Å². The lowest BCUT2D eigenvalue weighted by atomic mass is 9.87. The first-order valence-electron chi connectivity index (χ1n) is 10.4. The molecule has 0 radical (unpaired) electrons. The SMILES string of the molecule is Cn1nccc1-c1cc(C(F)(F)F)ccc1[C@H]1CCc2cc(S(=O)(=O)Nc3nccs3)ccc21. The van der Waals surface area contributed by atoms with Gasteiger partial charge in [0.15, 0.2) is 5.13 Å². The average Bonchev–Trinajstić information content (AvgIpc) is 3.53. The molecule has 1 atom stereocenters. The monoisotopic (exact) mass is 504 g/mol. The van der Waals surface area contributed by atoms with Crippen molar-refractivity contribution in [3.05, 3.63) is 82.5 Å². The van der Waals surface area contributed by atoms with Crippen LogP contribution >= 0.6 is 11.3 Å². The van der Waals surface area contributed by atoms with Crippen LogP contribution in [-0.2, 0) is 29.7 Å². The number of fused-ring (bicyclic) bond motifs is 1. The number of thiazole rings is 1. The largest absolute Gasteiger partial charge is 0.416 e. The number of nitrogens with zero attached hydrogens (tertiary/aromatic N) is 3. The lowest BCUT2D eigenvalue weighted by molar-refractivity contribution is -0.137. The fourth-order valence-electron chi connectivity index (χ4n) is 4.43. The number of halogens is 3. The summed E-state index contributed by atoms with van der Waals surface area (Å²) in [5.41, 5.74) is 2.86. The zero-order chi connectivity index (χ0) is 24.1. The van der Waals surface area contributed by atoms with E-state index in [1.54, 1.807) is 41.5 Å². The van der Waals surface area contributed by atoms with Crippen LogP contribution in [0.4, 0.5) is 18.3 Å². The van der Waals surface area contributed by atoms with Crippen LogP contribution in [0.5, 0.6) is 0 Å². The summed E-state index contributed by atoms with van der Waals surface area (Å²) in [6, 6.07) is 10.4. The molecule has 6 nitrogen and oxygen atoms in total. The highest BCUT2D eigenvalue weighted by Crippen LogP contribution is 2.44. The molecule has 2 aromatic heterocycles. The maximum Gasteiger partial charge on any atom is 0.416 e. The third kappa shape index (κ3) is 4.09. The Hall–Kier alpha value is -3.18. The first kappa shape index (κ1) is 22.6. The van der Waals surface area contributed by atoms with E-state index in [0.717, 1.165) is 22.8 Å². The molecular formula is C23H19F3N4O2S2. The molecule has 176 valence electrons. The molecule has 0 bridgehead atoms. The minimum atomic E-state index is -4.47. The van der Waals surface area contributed by atoms with Crippen LogP contribution < -0.4 is 4.72 Å². The predicted molar refractivity (Wildman–Crippen MR) is 123 cm³/mol. The molecule has 34 heavy (non-hydrogen) atoms. The van der Waals surface area contributed by atoms with Gasteiger partial charge in [-0.2, -0.15) is 18.3 Å². The van der Waals surface area contributed by atoms with Crippen LogP contribution in [0.25, 0.3) is 11.3 Å². The third-order valence-electron chi connectivity index (χ3n) is 6.01. The van der Waals surface area contributed by atoms with Gasteiger partial charge in [-0.25, -0.2) is 13.4 Å². The third-order valence-corrected chi connectivity index (χ3v) is 8.16. The highest BCUT2D eigenvalue weighted by molar-refractivity contribution is 7.93. The van der Waals surface area contributed by atoms with Crippen molar-refractivity contribution in [3.63, 3.8) is 0 Å². The van der Waals surface area contributed by atoms with Crippen molar-refractivity contribution in [2.75, 3.05) is 4.72 Å². The molecule has 11 heteroatoms. The normalized spacial score (nSPS) is 15.9. The van der Waals surface area contributed by atoms with Crippen molar-refractivity contribution in [2.45, 2.75) is 29.8 Å².